The van der Waals surface area contributed by atoms with Crippen molar-refractivity contribution in [3.8, 4) is 16.9 Å². The van der Waals surface area contributed by atoms with Crippen molar-refractivity contribution in [3.63, 3.8) is 0 Å². The molecule has 2 heterocycles. The Hall–Kier alpha value is -1.73. The number of aromatic nitrogens is 3. The summed E-state index contributed by atoms with van der Waals surface area (Å²) in [4.78, 5) is 9.08. The summed E-state index contributed by atoms with van der Waals surface area (Å²) < 4.78 is 3.32. The highest BCUT2D eigenvalue weighted by molar-refractivity contribution is 14.1. The van der Waals surface area contributed by atoms with Crippen LogP contribution in [0.1, 0.15) is 5.01 Å². The molecule has 4 aromatic rings. The predicted octanol–water partition coefficient (Wildman–Crippen LogP) is 5.06. The van der Waals surface area contributed by atoms with E-state index in [0.29, 0.717) is 0 Å². The lowest BCUT2D eigenvalue weighted by Crippen LogP contribution is -1.92. The monoisotopic (exact) mass is 417 g/mol. The van der Waals surface area contributed by atoms with Crippen LogP contribution >= 0.6 is 33.9 Å². The summed E-state index contributed by atoms with van der Waals surface area (Å²) in [6.45, 7) is 2.03. The van der Waals surface area contributed by atoms with E-state index in [1.807, 2.05) is 13.3 Å². The Morgan fingerprint density at radius 1 is 1.14 bits per heavy atom. The molecular weight excluding hydrogens is 405 g/mol. The fourth-order valence-corrected chi connectivity index (χ4v) is 3.60. The number of fused-ring (bicyclic) bond motifs is 1. The largest absolute Gasteiger partial charge is 0.299 e. The van der Waals surface area contributed by atoms with E-state index in [2.05, 4.69) is 85.0 Å². The molecule has 0 aliphatic carbocycles. The van der Waals surface area contributed by atoms with Crippen molar-refractivity contribution < 1.29 is 0 Å². The first kappa shape index (κ1) is 13.9. The molecule has 0 atom stereocenters. The van der Waals surface area contributed by atoms with Crippen LogP contribution in [-0.4, -0.2) is 14.5 Å². The number of benzene rings is 2. The van der Waals surface area contributed by atoms with E-state index in [4.69, 9.17) is 0 Å². The first-order chi connectivity index (χ1) is 10.7. The average Bonchev–Trinajstić information content (AvgIpc) is 3.13. The van der Waals surface area contributed by atoms with Crippen molar-refractivity contribution >= 4 is 45.0 Å². The molecule has 0 bridgehead atoms. The number of thiazole rings is 1. The van der Waals surface area contributed by atoms with Gasteiger partial charge < -0.3 is 0 Å². The first-order valence-electron chi connectivity index (χ1n) is 6.86. The van der Waals surface area contributed by atoms with E-state index in [0.717, 1.165) is 33.0 Å². The summed E-state index contributed by atoms with van der Waals surface area (Å²) >= 11 is 3.99. The van der Waals surface area contributed by atoms with Crippen molar-refractivity contribution in [1.82, 2.24) is 14.5 Å². The maximum Gasteiger partial charge on any atom is 0.100 e. The third-order valence-corrected chi connectivity index (χ3v) is 4.99. The predicted molar refractivity (Wildman–Crippen MR) is 99.6 cm³/mol. The minimum absolute atomic E-state index is 1.02. The molecule has 0 saturated carbocycles. The minimum atomic E-state index is 1.02. The Balaban J connectivity index is 1.85. The second-order valence-electron chi connectivity index (χ2n) is 5.05. The zero-order valence-electron chi connectivity index (χ0n) is 11.8. The van der Waals surface area contributed by atoms with Crippen molar-refractivity contribution in [2.75, 3.05) is 0 Å². The van der Waals surface area contributed by atoms with Gasteiger partial charge in [-0.1, -0.05) is 12.1 Å². The highest BCUT2D eigenvalue weighted by Crippen LogP contribution is 2.26. The Morgan fingerprint density at radius 2 is 2.05 bits per heavy atom. The summed E-state index contributed by atoms with van der Waals surface area (Å²) in [5.74, 6) is 0. The van der Waals surface area contributed by atoms with E-state index >= 15 is 0 Å². The molecule has 0 N–H and O–H groups in total. The minimum Gasteiger partial charge on any atom is -0.299 e. The third-order valence-electron chi connectivity index (χ3n) is 3.55. The number of imidazole rings is 1. The molecule has 3 nitrogen and oxygen atoms in total. The van der Waals surface area contributed by atoms with Crippen LogP contribution in [-0.2, 0) is 0 Å². The van der Waals surface area contributed by atoms with Gasteiger partial charge in [-0.25, -0.2) is 9.97 Å². The molecule has 0 saturated heterocycles. The fraction of sp³-hybridized carbons (Fsp3) is 0.0588. The van der Waals surface area contributed by atoms with Gasteiger partial charge in [0.2, 0.25) is 0 Å². The SMILES string of the molecule is Cc1nc(-c2cccc(-n3cnc4cc(I)ccc43)c2)cs1. The molecule has 5 heteroatoms. The molecule has 0 fully saturated rings. The molecule has 0 aliphatic rings. The van der Waals surface area contributed by atoms with Crippen LogP contribution in [0.4, 0.5) is 0 Å². The standard InChI is InChI=1S/C17H12IN3S/c1-11-20-16(9-22-11)12-3-2-4-14(7-12)21-10-19-15-8-13(18)5-6-17(15)21/h2-10H,1H3. The first-order valence-corrected chi connectivity index (χ1v) is 8.82. The van der Waals surface area contributed by atoms with Crippen LogP contribution in [0.25, 0.3) is 28.0 Å². The average molecular weight is 417 g/mol. The molecule has 0 amide bonds. The fourth-order valence-electron chi connectivity index (χ4n) is 2.50. The topological polar surface area (TPSA) is 30.7 Å². The molecule has 2 aromatic heterocycles. The van der Waals surface area contributed by atoms with Crippen molar-refractivity contribution in [3.05, 3.63) is 62.7 Å². The molecule has 108 valence electrons. The number of hydrogen-bond donors (Lipinski definition) is 0. The lowest BCUT2D eigenvalue weighted by molar-refractivity contribution is 1.09. The lowest BCUT2D eigenvalue weighted by Gasteiger charge is -2.06. The zero-order valence-corrected chi connectivity index (χ0v) is 14.8. The third kappa shape index (κ3) is 2.44. The van der Waals surface area contributed by atoms with Gasteiger partial charge in [0.05, 0.1) is 21.7 Å². The van der Waals surface area contributed by atoms with Gasteiger partial charge in [-0.2, -0.15) is 0 Å². The number of rotatable bonds is 2. The number of aryl methyl sites for hydroxylation is 1. The van der Waals surface area contributed by atoms with Crippen LogP contribution in [0.15, 0.2) is 54.2 Å². The van der Waals surface area contributed by atoms with Crippen molar-refractivity contribution in [2.45, 2.75) is 6.92 Å². The van der Waals surface area contributed by atoms with Gasteiger partial charge in [0.25, 0.3) is 0 Å². The van der Waals surface area contributed by atoms with Gasteiger partial charge in [-0.3, -0.25) is 4.57 Å². The Labute approximate surface area is 145 Å². The maximum atomic E-state index is 4.57. The summed E-state index contributed by atoms with van der Waals surface area (Å²) in [6, 6.07) is 14.7. The molecule has 22 heavy (non-hydrogen) atoms. The van der Waals surface area contributed by atoms with Gasteiger partial charge in [0, 0.05) is 20.2 Å². The normalized spacial score (nSPS) is 11.2. The Morgan fingerprint density at radius 3 is 2.86 bits per heavy atom. The molecule has 0 spiro atoms. The number of nitrogens with zero attached hydrogens (tertiary/aromatic N) is 3. The highest BCUT2D eigenvalue weighted by Gasteiger charge is 2.07. The Bertz CT molecular complexity index is 971. The van der Waals surface area contributed by atoms with Crippen molar-refractivity contribution in [2.24, 2.45) is 0 Å². The highest BCUT2D eigenvalue weighted by atomic mass is 127. The van der Waals surface area contributed by atoms with Gasteiger partial charge in [0.15, 0.2) is 0 Å². The van der Waals surface area contributed by atoms with Gasteiger partial charge in [0.1, 0.15) is 6.33 Å². The van der Waals surface area contributed by atoms with Crippen molar-refractivity contribution in [1.29, 1.82) is 0 Å². The van der Waals surface area contributed by atoms with Crippen LogP contribution < -0.4 is 0 Å². The number of halogens is 1. The summed E-state index contributed by atoms with van der Waals surface area (Å²) in [5.41, 5.74) is 5.40. The van der Waals surface area contributed by atoms with Gasteiger partial charge in [-0.05, 0) is 59.8 Å². The molecule has 2 aromatic carbocycles. The zero-order chi connectivity index (χ0) is 15.1. The summed E-state index contributed by atoms with van der Waals surface area (Å²) in [7, 11) is 0. The smallest absolute Gasteiger partial charge is 0.100 e. The molecule has 0 radical (unpaired) electrons. The van der Waals surface area contributed by atoms with E-state index in [1.54, 1.807) is 11.3 Å². The van der Waals surface area contributed by atoms with Crippen LogP contribution in [0.5, 0.6) is 0 Å². The van der Waals surface area contributed by atoms with Crippen LogP contribution in [0.2, 0.25) is 0 Å². The number of hydrogen-bond acceptors (Lipinski definition) is 3. The maximum absolute atomic E-state index is 4.57. The summed E-state index contributed by atoms with van der Waals surface area (Å²) in [6.07, 6.45) is 1.88. The molecule has 0 unspecified atom stereocenters. The second-order valence-corrected chi connectivity index (χ2v) is 7.36. The molecule has 0 aliphatic heterocycles. The van der Waals surface area contributed by atoms with Crippen LogP contribution in [0, 0.1) is 10.5 Å². The van der Waals surface area contributed by atoms with E-state index in [-0.39, 0.29) is 0 Å². The van der Waals surface area contributed by atoms with E-state index in [9.17, 15) is 0 Å². The Kier molecular flexibility index (Phi) is 3.46. The van der Waals surface area contributed by atoms with E-state index < -0.39 is 0 Å². The molecule has 4 rings (SSSR count). The molecular formula is C17H12IN3S. The quantitative estimate of drug-likeness (QED) is 0.427. The van der Waals surface area contributed by atoms with Gasteiger partial charge in [-0.15, -0.1) is 11.3 Å². The van der Waals surface area contributed by atoms with Gasteiger partial charge >= 0.3 is 0 Å². The summed E-state index contributed by atoms with van der Waals surface area (Å²) in [5, 5.41) is 3.19. The lowest BCUT2D eigenvalue weighted by atomic mass is 10.1. The second kappa shape index (κ2) is 5.48. The van der Waals surface area contributed by atoms with Crippen LogP contribution in [0.3, 0.4) is 0 Å². The van der Waals surface area contributed by atoms with E-state index in [1.165, 1.54) is 3.57 Å².